The van der Waals surface area contributed by atoms with Crippen LogP contribution in [0.3, 0.4) is 0 Å². The maximum atomic E-state index is 12.1. The molecule has 5 heteroatoms. The van der Waals surface area contributed by atoms with Gasteiger partial charge in [0.1, 0.15) is 0 Å². The van der Waals surface area contributed by atoms with Gasteiger partial charge >= 0.3 is 0 Å². The Balaban J connectivity index is 2.16. The molecule has 1 fully saturated rings. The van der Waals surface area contributed by atoms with Gasteiger partial charge in [0, 0.05) is 43.0 Å². The van der Waals surface area contributed by atoms with Crippen LogP contribution in [0.2, 0.25) is 0 Å². The number of rotatable bonds is 1. The van der Waals surface area contributed by atoms with E-state index in [1.54, 1.807) is 18.5 Å². The lowest BCUT2D eigenvalue weighted by molar-refractivity contribution is 0.0735. The number of carbonyl (C=O) groups is 1. The predicted octanol–water partition coefficient (Wildman–Crippen LogP) is 0.889. The number of nitrogens with one attached hydrogen (secondary N) is 1. The minimum Gasteiger partial charge on any atom is -0.336 e. The van der Waals surface area contributed by atoms with Crippen molar-refractivity contribution in [1.29, 1.82) is 0 Å². The van der Waals surface area contributed by atoms with Crippen molar-refractivity contribution < 1.29 is 4.79 Å². The number of halogens is 1. The molecule has 0 bridgehead atoms. The molecule has 0 spiro atoms. The van der Waals surface area contributed by atoms with E-state index in [1.165, 1.54) is 0 Å². The average molecular weight is 270 g/mol. The third-order valence-corrected chi connectivity index (χ3v) is 3.04. The van der Waals surface area contributed by atoms with Gasteiger partial charge in [-0.1, -0.05) is 0 Å². The molecule has 0 unspecified atom stereocenters. The van der Waals surface area contributed by atoms with Crippen LogP contribution in [0.5, 0.6) is 0 Å². The SMILES string of the molecule is O=C(c1ccncc1Br)N1CCNCC1. The Hall–Kier alpha value is -0.940. The first-order chi connectivity index (χ1) is 7.29. The maximum absolute atomic E-state index is 12.1. The molecular formula is C10H12BrN3O. The second kappa shape index (κ2) is 4.72. The largest absolute Gasteiger partial charge is 0.336 e. The molecule has 1 amide bonds. The molecule has 2 heterocycles. The van der Waals surface area contributed by atoms with Crippen molar-refractivity contribution in [3.8, 4) is 0 Å². The van der Waals surface area contributed by atoms with Gasteiger partial charge < -0.3 is 10.2 Å². The molecule has 1 N–H and O–H groups in total. The van der Waals surface area contributed by atoms with Gasteiger partial charge in [0.15, 0.2) is 0 Å². The van der Waals surface area contributed by atoms with E-state index in [4.69, 9.17) is 0 Å². The summed E-state index contributed by atoms with van der Waals surface area (Å²) in [4.78, 5) is 17.9. The van der Waals surface area contributed by atoms with Gasteiger partial charge in [-0.05, 0) is 22.0 Å². The standard InChI is InChI=1S/C10H12BrN3O/c11-9-7-13-2-1-8(9)10(15)14-5-3-12-4-6-14/h1-2,7,12H,3-6H2. The molecule has 1 aliphatic heterocycles. The van der Waals surface area contributed by atoms with Gasteiger partial charge in [-0.2, -0.15) is 0 Å². The van der Waals surface area contributed by atoms with Crippen LogP contribution in [0.25, 0.3) is 0 Å². The Morgan fingerprint density at radius 1 is 1.47 bits per heavy atom. The van der Waals surface area contributed by atoms with Crippen LogP contribution in [0.1, 0.15) is 10.4 Å². The van der Waals surface area contributed by atoms with Crippen LogP contribution in [0.15, 0.2) is 22.9 Å². The fourth-order valence-electron chi connectivity index (χ4n) is 1.59. The first-order valence-corrected chi connectivity index (χ1v) is 5.68. The minimum atomic E-state index is 0.0748. The smallest absolute Gasteiger partial charge is 0.255 e. The lowest BCUT2D eigenvalue weighted by Gasteiger charge is -2.27. The van der Waals surface area contributed by atoms with Crippen LogP contribution >= 0.6 is 15.9 Å². The summed E-state index contributed by atoms with van der Waals surface area (Å²) in [6.45, 7) is 3.28. The third kappa shape index (κ3) is 2.35. The van der Waals surface area contributed by atoms with Crippen molar-refractivity contribution in [1.82, 2.24) is 15.2 Å². The average Bonchev–Trinajstić information content (AvgIpc) is 2.30. The Morgan fingerprint density at radius 3 is 2.87 bits per heavy atom. The van der Waals surface area contributed by atoms with Crippen LogP contribution in [-0.4, -0.2) is 42.0 Å². The highest BCUT2D eigenvalue weighted by molar-refractivity contribution is 9.10. The Kier molecular flexibility index (Phi) is 3.33. The molecule has 80 valence electrons. The second-order valence-electron chi connectivity index (χ2n) is 3.40. The molecule has 2 rings (SSSR count). The van der Waals surface area contributed by atoms with Gasteiger partial charge in [-0.25, -0.2) is 0 Å². The molecule has 1 aliphatic rings. The van der Waals surface area contributed by atoms with Gasteiger partial charge in [0.2, 0.25) is 0 Å². The van der Waals surface area contributed by atoms with Crippen molar-refractivity contribution in [2.75, 3.05) is 26.2 Å². The first-order valence-electron chi connectivity index (χ1n) is 4.88. The van der Waals surface area contributed by atoms with Gasteiger partial charge in [0.05, 0.1) is 5.56 Å². The highest BCUT2D eigenvalue weighted by Crippen LogP contribution is 2.16. The Bertz CT molecular complexity index is 363. The number of amides is 1. The molecule has 0 atom stereocenters. The summed E-state index contributed by atoms with van der Waals surface area (Å²) < 4.78 is 0.758. The fourth-order valence-corrected chi connectivity index (χ4v) is 2.01. The van der Waals surface area contributed by atoms with Crippen molar-refractivity contribution in [3.63, 3.8) is 0 Å². The van der Waals surface area contributed by atoms with Crippen LogP contribution in [0.4, 0.5) is 0 Å². The number of piperazine rings is 1. The van der Waals surface area contributed by atoms with Gasteiger partial charge in [-0.15, -0.1) is 0 Å². The zero-order valence-electron chi connectivity index (χ0n) is 8.24. The van der Waals surface area contributed by atoms with E-state index in [2.05, 4.69) is 26.2 Å². The zero-order chi connectivity index (χ0) is 10.7. The molecule has 1 aromatic rings. The Labute approximate surface area is 96.8 Å². The summed E-state index contributed by atoms with van der Waals surface area (Å²) in [7, 11) is 0. The van der Waals surface area contributed by atoms with Crippen LogP contribution in [-0.2, 0) is 0 Å². The number of hydrogen-bond donors (Lipinski definition) is 1. The summed E-state index contributed by atoms with van der Waals surface area (Å²) in [6, 6.07) is 1.74. The second-order valence-corrected chi connectivity index (χ2v) is 4.25. The fraction of sp³-hybridized carbons (Fsp3) is 0.400. The molecule has 0 radical (unpaired) electrons. The first kappa shape index (κ1) is 10.6. The molecule has 4 nitrogen and oxygen atoms in total. The quantitative estimate of drug-likeness (QED) is 0.824. The number of aromatic nitrogens is 1. The highest BCUT2D eigenvalue weighted by Gasteiger charge is 2.19. The lowest BCUT2D eigenvalue weighted by atomic mass is 10.2. The van der Waals surface area contributed by atoms with Crippen LogP contribution < -0.4 is 5.32 Å². The molecule has 0 saturated carbocycles. The summed E-state index contributed by atoms with van der Waals surface area (Å²) in [5.41, 5.74) is 0.687. The minimum absolute atomic E-state index is 0.0748. The summed E-state index contributed by atoms with van der Waals surface area (Å²) in [6.07, 6.45) is 3.29. The summed E-state index contributed by atoms with van der Waals surface area (Å²) in [5, 5.41) is 3.22. The van der Waals surface area contributed by atoms with Gasteiger partial charge in [0.25, 0.3) is 5.91 Å². The summed E-state index contributed by atoms with van der Waals surface area (Å²) >= 11 is 3.34. The van der Waals surface area contributed by atoms with Crippen molar-refractivity contribution in [2.45, 2.75) is 0 Å². The summed E-state index contributed by atoms with van der Waals surface area (Å²) in [5.74, 6) is 0.0748. The predicted molar refractivity (Wildman–Crippen MR) is 60.7 cm³/mol. The molecule has 0 aliphatic carbocycles. The maximum Gasteiger partial charge on any atom is 0.255 e. The lowest BCUT2D eigenvalue weighted by Crippen LogP contribution is -2.46. The highest BCUT2D eigenvalue weighted by atomic mass is 79.9. The third-order valence-electron chi connectivity index (χ3n) is 2.41. The number of nitrogens with zero attached hydrogens (tertiary/aromatic N) is 2. The van der Waals surface area contributed by atoms with Crippen molar-refractivity contribution in [2.24, 2.45) is 0 Å². The molecule has 1 saturated heterocycles. The van der Waals surface area contributed by atoms with E-state index in [0.717, 1.165) is 30.7 Å². The van der Waals surface area contributed by atoms with E-state index >= 15 is 0 Å². The van der Waals surface area contributed by atoms with E-state index in [1.807, 2.05) is 4.90 Å². The molecule has 1 aromatic heterocycles. The zero-order valence-corrected chi connectivity index (χ0v) is 9.83. The molecule has 15 heavy (non-hydrogen) atoms. The molecule has 0 aromatic carbocycles. The monoisotopic (exact) mass is 269 g/mol. The van der Waals surface area contributed by atoms with Crippen molar-refractivity contribution in [3.05, 3.63) is 28.5 Å². The van der Waals surface area contributed by atoms with Crippen molar-refractivity contribution >= 4 is 21.8 Å². The van der Waals surface area contributed by atoms with E-state index in [0.29, 0.717) is 5.56 Å². The normalized spacial score (nSPS) is 16.5. The van der Waals surface area contributed by atoms with E-state index in [9.17, 15) is 4.79 Å². The Morgan fingerprint density at radius 2 is 2.20 bits per heavy atom. The van der Waals surface area contributed by atoms with E-state index < -0.39 is 0 Å². The van der Waals surface area contributed by atoms with Crippen LogP contribution in [0, 0.1) is 0 Å². The molecular weight excluding hydrogens is 258 g/mol. The van der Waals surface area contributed by atoms with E-state index in [-0.39, 0.29) is 5.91 Å². The number of carbonyl (C=O) groups excluding carboxylic acids is 1. The number of pyridine rings is 1. The van der Waals surface area contributed by atoms with Gasteiger partial charge in [-0.3, -0.25) is 9.78 Å². The topological polar surface area (TPSA) is 45.2 Å². The number of hydrogen-bond acceptors (Lipinski definition) is 3.